The molecule has 16 heavy (non-hydrogen) atoms. The van der Waals surface area contributed by atoms with Crippen LogP contribution >= 0.6 is 11.8 Å². The van der Waals surface area contributed by atoms with Crippen molar-refractivity contribution in [3.8, 4) is 0 Å². The predicted molar refractivity (Wildman–Crippen MR) is 68.1 cm³/mol. The SMILES string of the molecule is CCC(C)c1ccc(SC(C)C(=O)O)cc1. The minimum absolute atomic E-state index is 0.394. The van der Waals surface area contributed by atoms with Crippen molar-refractivity contribution < 1.29 is 9.90 Å². The van der Waals surface area contributed by atoms with Crippen LogP contribution in [-0.4, -0.2) is 16.3 Å². The Labute approximate surface area is 101 Å². The Bertz CT molecular complexity index is 345. The van der Waals surface area contributed by atoms with Crippen LogP contribution in [-0.2, 0) is 4.79 Å². The highest BCUT2D eigenvalue weighted by molar-refractivity contribution is 8.00. The summed E-state index contributed by atoms with van der Waals surface area (Å²) in [5.74, 6) is -0.202. The molecule has 88 valence electrons. The van der Waals surface area contributed by atoms with E-state index in [2.05, 4.69) is 26.0 Å². The summed E-state index contributed by atoms with van der Waals surface area (Å²) in [5, 5.41) is 8.41. The van der Waals surface area contributed by atoms with Crippen molar-refractivity contribution in [1.29, 1.82) is 0 Å². The second-order valence-electron chi connectivity index (χ2n) is 3.98. The lowest BCUT2D eigenvalue weighted by Gasteiger charge is -2.10. The van der Waals surface area contributed by atoms with Crippen LogP contribution in [0.4, 0.5) is 0 Å². The van der Waals surface area contributed by atoms with Gasteiger partial charge in [-0.15, -0.1) is 11.8 Å². The third-order valence-electron chi connectivity index (χ3n) is 2.72. The molecule has 0 aromatic heterocycles. The fourth-order valence-electron chi connectivity index (χ4n) is 1.37. The van der Waals surface area contributed by atoms with E-state index in [1.165, 1.54) is 17.3 Å². The normalized spacial score (nSPS) is 14.4. The van der Waals surface area contributed by atoms with Gasteiger partial charge in [0.2, 0.25) is 0 Å². The van der Waals surface area contributed by atoms with Crippen molar-refractivity contribution in [3.05, 3.63) is 29.8 Å². The Balaban J connectivity index is 2.68. The summed E-state index contributed by atoms with van der Waals surface area (Å²) in [6, 6.07) is 8.19. The fraction of sp³-hybridized carbons (Fsp3) is 0.462. The van der Waals surface area contributed by atoms with Crippen LogP contribution in [0.15, 0.2) is 29.2 Å². The Hall–Kier alpha value is -0.960. The summed E-state index contributed by atoms with van der Waals surface area (Å²) in [5.41, 5.74) is 1.31. The monoisotopic (exact) mass is 238 g/mol. The third kappa shape index (κ3) is 3.56. The Kier molecular flexibility index (Phi) is 4.87. The van der Waals surface area contributed by atoms with Gasteiger partial charge in [-0.2, -0.15) is 0 Å². The second kappa shape index (κ2) is 5.94. The number of hydrogen-bond donors (Lipinski definition) is 1. The fourth-order valence-corrected chi connectivity index (χ4v) is 2.17. The first-order valence-corrected chi connectivity index (χ1v) is 6.42. The molecular weight excluding hydrogens is 220 g/mol. The Morgan fingerprint density at radius 3 is 2.31 bits per heavy atom. The summed E-state index contributed by atoms with van der Waals surface area (Å²) in [7, 11) is 0. The highest BCUT2D eigenvalue weighted by Gasteiger charge is 2.12. The molecule has 0 heterocycles. The minimum Gasteiger partial charge on any atom is -0.480 e. The number of aliphatic carboxylic acids is 1. The molecule has 1 aromatic carbocycles. The number of thioether (sulfide) groups is 1. The molecule has 0 aliphatic heterocycles. The Morgan fingerprint density at radius 1 is 1.31 bits per heavy atom. The summed E-state index contributed by atoms with van der Waals surface area (Å²) in [6.45, 7) is 6.07. The van der Waals surface area contributed by atoms with Gasteiger partial charge in [-0.1, -0.05) is 26.0 Å². The number of carboxylic acids is 1. The van der Waals surface area contributed by atoms with E-state index in [0.717, 1.165) is 11.3 Å². The van der Waals surface area contributed by atoms with E-state index < -0.39 is 11.2 Å². The number of carboxylic acid groups (broad SMARTS) is 1. The maximum Gasteiger partial charge on any atom is 0.316 e. The summed E-state index contributed by atoms with van der Waals surface area (Å²) in [4.78, 5) is 11.7. The quantitative estimate of drug-likeness (QED) is 0.793. The molecule has 1 rings (SSSR count). The lowest BCUT2D eigenvalue weighted by molar-refractivity contribution is -0.136. The summed E-state index contributed by atoms with van der Waals surface area (Å²) >= 11 is 1.38. The number of hydrogen-bond acceptors (Lipinski definition) is 2. The molecule has 2 atom stereocenters. The summed E-state index contributed by atoms with van der Waals surface area (Å²) in [6.07, 6.45) is 1.12. The van der Waals surface area contributed by atoms with Crippen molar-refractivity contribution >= 4 is 17.7 Å². The molecule has 1 N–H and O–H groups in total. The van der Waals surface area contributed by atoms with E-state index in [-0.39, 0.29) is 0 Å². The van der Waals surface area contributed by atoms with Crippen LogP contribution in [0.5, 0.6) is 0 Å². The van der Waals surface area contributed by atoms with E-state index in [1.807, 2.05) is 12.1 Å². The van der Waals surface area contributed by atoms with Gasteiger partial charge >= 0.3 is 5.97 Å². The smallest absolute Gasteiger partial charge is 0.316 e. The van der Waals surface area contributed by atoms with Gasteiger partial charge in [0.15, 0.2) is 0 Å². The first-order chi connectivity index (χ1) is 7.54. The van der Waals surface area contributed by atoms with Gasteiger partial charge in [0.25, 0.3) is 0 Å². The van der Waals surface area contributed by atoms with Crippen LogP contribution in [0.3, 0.4) is 0 Å². The summed E-state index contributed by atoms with van der Waals surface area (Å²) < 4.78 is 0. The average molecular weight is 238 g/mol. The van der Waals surface area contributed by atoms with Crippen molar-refractivity contribution in [2.75, 3.05) is 0 Å². The van der Waals surface area contributed by atoms with E-state index in [1.54, 1.807) is 6.92 Å². The standard InChI is InChI=1S/C13H18O2S/c1-4-9(2)11-5-7-12(8-6-11)16-10(3)13(14)15/h5-10H,4H2,1-3H3,(H,14,15). The van der Waals surface area contributed by atoms with Gasteiger partial charge in [0, 0.05) is 4.90 Å². The van der Waals surface area contributed by atoms with Crippen LogP contribution in [0, 0.1) is 0 Å². The van der Waals surface area contributed by atoms with Crippen molar-refractivity contribution in [2.45, 2.75) is 43.3 Å². The van der Waals surface area contributed by atoms with Crippen LogP contribution in [0.1, 0.15) is 38.7 Å². The second-order valence-corrected chi connectivity index (χ2v) is 5.39. The van der Waals surface area contributed by atoms with Crippen molar-refractivity contribution in [2.24, 2.45) is 0 Å². The number of rotatable bonds is 5. The average Bonchev–Trinajstić information content (AvgIpc) is 2.28. The van der Waals surface area contributed by atoms with Crippen molar-refractivity contribution in [3.63, 3.8) is 0 Å². The third-order valence-corrected chi connectivity index (χ3v) is 3.82. The van der Waals surface area contributed by atoms with E-state index in [4.69, 9.17) is 5.11 Å². The van der Waals surface area contributed by atoms with Crippen LogP contribution in [0.2, 0.25) is 0 Å². The molecular formula is C13H18O2S. The molecule has 2 unspecified atom stereocenters. The zero-order valence-electron chi connectivity index (χ0n) is 9.93. The molecule has 3 heteroatoms. The number of benzene rings is 1. The van der Waals surface area contributed by atoms with Gasteiger partial charge in [-0.05, 0) is 37.0 Å². The maximum atomic E-state index is 10.7. The van der Waals surface area contributed by atoms with Gasteiger partial charge in [-0.25, -0.2) is 0 Å². The zero-order chi connectivity index (χ0) is 12.1. The molecule has 0 bridgehead atoms. The van der Waals surface area contributed by atoms with E-state index in [0.29, 0.717) is 5.92 Å². The zero-order valence-corrected chi connectivity index (χ0v) is 10.8. The predicted octanol–water partition coefficient (Wildman–Crippen LogP) is 3.77. The van der Waals surface area contributed by atoms with Crippen LogP contribution in [0.25, 0.3) is 0 Å². The van der Waals surface area contributed by atoms with E-state index in [9.17, 15) is 4.79 Å². The molecule has 0 spiro atoms. The molecule has 0 amide bonds. The van der Waals surface area contributed by atoms with E-state index >= 15 is 0 Å². The first-order valence-electron chi connectivity index (χ1n) is 5.54. The molecule has 2 nitrogen and oxygen atoms in total. The molecule has 0 saturated heterocycles. The first kappa shape index (κ1) is 13.1. The lowest BCUT2D eigenvalue weighted by atomic mass is 9.99. The van der Waals surface area contributed by atoms with Crippen molar-refractivity contribution in [1.82, 2.24) is 0 Å². The van der Waals surface area contributed by atoms with Gasteiger partial charge in [0.05, 0.1) is 0 Å². The topological polar surface area (TPSA) is 37.3 Å². The molecule has 0 saturated carbocycles. The van der Waals surface area contributed by atoms with Gasteiger partial charge in [-0.3, -0.25) is 4.79 Å². The number of carbonyl (C=O) groups is 1. The largest absolute Gasteiger partial charge is 0.480 e. The molecule has 0 aliphatic rings. The van der Waals surface area contributed by atoms with Gasteiger partial charge in [0.1, 0.15) is 5.25 Å². The lowest BCUT2D eigenvalue weighted by Crippen LogP contribution is -2.10. The molecule has 0 aliphatic carbocycles. The Morgan fingerprint density at radius 2 is 1.88 bits per heavy atom. The van der Waals surface area contributed by atoms with Crippen LogP contribution < -0.4 is 0 Å². The minimum atomic E-state index is -0.768. The van der Waals surface area contributed by atoms with Gasteiger partial charge < -0.3 is 5.11 Å². The highest BCUT2D eigenvalue weighted by atomic mass is 32.2. The highest BCUT2D eigenvalue weighted by Crippen LogP contribution is 2.26. The molecule has 1 aromatic rings. The maximum absolute atomic E-state index is 10.7. The molecule has 0 radical (unpaired) electrons. The molecule has 0 fully saturated rings.